The highest BCUT2D eigenvalue weighted by molar-refractivity contribution is 5.83. The Hall–Kier alpha value is -1.38. The number of benzene rings is 2. The summed E-state index contributed by atoms with van der Waals surface area (Å²) in [5, 5.41) is 16.3. The lowest BCUT2D eigenvalue weighted by Crippen LogP contribution is -2.28. The van der Waals surface area contributed by atoms with Gasteiger partial charge in [0.15, 0.2) is 0 Å². The molecule has 2 nitrogen and oxygen atoms in total. The van der Waals surface area contributed by atoms with E-state index in [1.165, 1.54) is 10.8 Å². The second kappa shape index (κ2) is 6.18. The van der Waals surface area contributed by atoms with E-state index in [1.807, 2.05) is 25.1 Å². The minimum absolute atomic E-state index is 0.728. The molecule has 0 saturated carbocycles. The first-order chi connectivity index (χ1) is 9.13. The largest absolute Gasteiger partial charge is 0.385 e. The predicted octanol–water partition coefficient (Wildman–Crippen LogP) is 3.44. The Bertz CT molecular complexity index is 534. The van der Waals surface area contributed by atoms with Crippen molar-refractivity contribution >= 4 is 10.8 Å². The zero-order chi connectivity index (χ0) is 13.7. The van der Waals surface area contributed by atoms with Crippen LogP contribution in [0.3, 0.4) is 0 Å². The minimum atomic E-state index is -0.773. The topological polar surface area (TPSA) is 32.3 Å². The lowest BCUT2D eigenvalue weighted by atomic mass is 9.91. The van der Waals surface area contributed by atoms with Gasteiger partial charge < -0.3 is 10.4 Å². The molecule has 2 N–H and O–H groups in total. The van der Waals surface area contributed by atoms with Gasteiger partial charge in [0.05, 0.1) is 5.60 Å². The average Bonchev–Trinajstić information content (AvgIpc) is 2.43. The van der Waals surface area contributed by atoms with Crippen LogP contribution in [0.25, 0.3) is 10.8 Å². The molecule has 2 rings (SSSR count). The van der Waals surface area contributed by atoms with E-state index in [9.17, 15) is 5.11 Å². The predicted molar refractivity (Wildman–Crippen MR) is 81.3 cm³/mol. The summed E-state index contributed by atoms with van der Waals surface area (Å²) in [5.41, 5.74) is 0.217. The van der Waals surface area contributed by atoms with E-state index >= 15 is 0 Å². The van der Waals surface area contributed by atoms with Crippen LogP contribution in [0.4, 0.5) is 0 Å². The van der Waals surface area contributed by atoms with Gasteiger partial charge in [0.1, 0.15) is 0 Å². The average molecular weight is 257 g/mol. The van der Waals surface area contributed by atoms with Gasteiger partial charge in [-0.05, 0) is 55.3 Å². The first-order valence-corrected chi connectivity index (χ1v) is 7.06. The number of hydrogen-bond donors (Lipinski definition) is 2. The van der Waals surface area contributed by atoms with Crippen LogP contribution in [-0.4, -0.2) is 18.2 Å². The molecule has 0 spiro atoms. The monoisotopic (exact) mass is 257 g/mol. The molecule has 102 valence electrons. The van der Waals surface area contributed by atoms with Crippen LogP contribution in [0.5, 0.6) is 0 Å². The molecule has 0 amide bonds. The van der Waals surface area contributed by atoms with E-state index in [4.69, 9.17) is 0 Å². The van der Waals surface area contributed by atoms with Crippen LogP contribution in [-0.2, 0) is 5.60 Å². The molecule has 0 aromatic heterocycles. The molecular weight excluding hydrogens is 234 g/mol. The van der Waals surface area contributed by atoms with Crippen molar-refractivity contribution < 1.29 is 5.11 Å². The zero-order valence-electron chi connectivity index (χ0n) is 11.8. The van der Waals surface area contributed by atoms with E-state index in [1.54, 1.807) is 0 Å². The van der Waals surface area contributed by atoms with Crippen LogP contribution in [0.1, 0.15) is 32.3 Å². The smallest absolute Gasteiger partial charge is 0.0880 e. The first kappa shape index (κ1) is 14.0. The van der Waals surface area contributed by atoms with Gasteiger partial charge in [0.25, 0.3) is 0 Å². The third-order valence-electron chi connectivity index (χ3n) is 3.59. The molecule has 1 atom stereocenters. The molecule has 19 heavy (non-hydrogen) atoms. The van der Waals surface area contributed by atoms with Gasteiger partial charge in [-0.3, -0.25) is 0 Å². The number of fused-ring (bicyclic) bond motifs is 1. The van der Waals surface area contributed by atoms with E-state index in [-0.39, 0.29) is 0 Å². The first-order valence-electron chi connectivity index (χ1n) is 7.06. The maximum absolute atomic E-state index is 10.6. The molecule has 0 saturated heterocycles. The third-order valence-corrected chi connectivity index (χ3v) is 3.59. The van der Waals surface area contributed by atoms with Crippen LogP contribution < -0.4 is 5.32 Å². The van der Waals surface area contributed by atoms with E-state index in [0.717, 1.165) is 31.5 Å². The molecule has 0 aliphatic carbocycles. The van der Waals surface area contributed by atoms with E-state index in [2.05, 4.69) is 36.5 Å². The Morgan fingerprint density at radius 1 is 1.05 bits per heavy atom. The van der Waals surface area contributed by atoms with Crippen LogP contribution in [0.2, 0.25) is 0 Å². The number of aliphatic hydroxyl groups is 1. The van der Waals surface area contributed by atoms with Crippen molar-refractivity contribution in [3.05, 3.63) is 48.0 Å². The molecule has 2 aromatic carbocycles. The van der Waals surface area contributed by atoms with E-state index in [0.29, 0.717) is 0 Å². The van der Waals surface area contributed by atoms with Gasteiger partial charge >= 0.3 is 0 Å². The number of hydrogen-bond acceptors (Lipinski definition) is 2. The highest BCUT2D eigenvalue weighted by Crippen LogP contribution is 2.27. The second-order valence-electron chi connectivity index (χ2n) is 5.34. The highest BCUT2D eigenvalue weighted by Gasteiger charge is 2.22. The van der Waals surface area contributed by atoms with Gasteiger partial charge in [-0.25, -0.2) is 0 Å². The van der Waals surface area contributed by atoms with Crippen LogP contribution in [0, 0.1) is 0 Å². The highest BCUT2D eigenvalue weighted by atomic mass is 16.3. The lowest BCUT2D eigenvalue weighted by Gasteiger charge is -2.24. The summed E-state index contributed by atoms with van der Waals surface area (Å²) in [6, 6.07) is 14.5. The number of nitrogens with one attached hydrogen (secondary N) is 1. The molecule has 0 aliphatic heterocycles. The molecule has 0 aliphatic rings. The second-order valence-corrected chi connectivity index (χ2v) is 5.34. The Morgan fingerprint density at radius 2 is 1.79 bits per heavy atom. The van der Waals surface area contributed by atoms with Crippen molar-refractivity contribution in [3.8, 4) is 0 Å². The fraction of sp³-hybridized carbons (Fsp3) is 0.412. The minimum Gasteiger partial charge on any atom is -0.385 e. The quantitative estimate of drug-likeness (QED) is 0.777. The molecule has 0 bridgehead atoms. The van der Waals surface area contributed by atoms with Crippen LogP contribution >= 0.6 is 0 Å². The normalized spacial score (nSPS) is 14.5. The molecule has 0 radical (unpaired) electrons. The molecule has 2 aromatic rings. The van der Waals surface area contributed by atoms with Crippen molar-refractivity contribution in [1.82, 2.24) is 5.32 Å². The number of rotatable bonds is 6. The van der Waals surface area contributed by atoms with Crippen molar-refractivity contribution in [1.29, 1.82) is 0 Å². The van der Waals surface area contributed by atoms with Gasteiger partial charge in [-0.15, -0.1) is 0 Å². The Kier molecular flexibility index (Phi) is 4.56. The molecule has 0 fully saturated rings. The van der Waals surface area contributed by atoms with E-state index < -0.39 is 5.60 Å². The third kappa shape index (κ3) is 3.55. The maximum Gasteiger partial charge on any atom is 0.0880 e. The summed E-state index contributed by atoms with van der Waals surface area (Å²) in [6.07, 6.45) is 1.85. The van der Waals surface area contributed by atoms with Crippen LogP contribution in [0.15, 0.2) is 42.5 Å². The fourth-order valence-corrected chi connectivity index (χ4v) is 2.30. The summed E-state index contributed by atoms with van der Waals surface area (Å²) >= 11 is 0. The summed E-state index contributed by atoms with van der Waals surface area (Å²) in [6.45, 7) is 5.89. The fourth-order valence-electron chi connectivity index (χ4n) is 2.30. The summed E-state index contributed by atoms with van der Waals surface area (Å²) in [5.74, 6) is 0. The standard InChI is InChI=1S/C17H23NO/c1-3-11-18-12-10-17(2,19)16-9-8-14-6-4-5-7-15(14)13-16/h4-9,13,18-19H,3,10-12H2,1-2H3. The molecule has 0 heterocycles. The van der Waals surface area contributed by atoms with Crippen molar-refractivity contribution in [3.63, 3.8) is 0 Å². The van der Waals surface area contributed by atoms with Gasteiger partial charge in [0.2, 0.25) is 0 Å². The zero-order valence-corrected chi connectivity index (χ0v) is 11.8. The van der Waals surface area contributed by atoms with Crippen molar-refractivity contribution in [2.45, 2.75) is 32.3 Å². The van der Waals surface area contributed by atoms with Crippen molar-refractivity contribution in [2.75, 3.05) is 13.1 Å². The lowest BCUT2D eigenvalue weighted by molar-refractivity contribution is 0.0482. The Morgan fingerprint density at radius 3 is 2.53 bits per heavy atom. The molecule has 1 unspecified atom stereocenters. The van der Waals surface area contributed by atoms with Gasteiger partial charge in [-0.2, -0.15) is 0 Å². The summed E-state index contributed by atoms with van der Waals surface area (Å²) in [7, 11) is 0. The van der Waals surface area contributed by atoms with Crippen molar-refractivity contribution in [2.24, 2.45) is 0 Å². The Balaban J connectivity index is 2.12. The summed E-state index contributed by atoms with van der Waals surface area (Å²) in [4.78, 5) is 0. The van der Waals surface area contributed by atoms with Gasteiger partial charge in [0, 0.05) is 0 Å². The SMILES string of the molecule is CCCNCCC(C)(O)c1ccc2ccccc2c1. The van der Waals surface area contributed by atoms with Gasteiger partial charge in [-0.1, -0.05) is 43.3 Å². The maximum atomic E-state index is 10.6. The summed E-state index contributed by atoms with van der Waals surface area (Å²) < 4.78 is 0. The molecule has 2 heteroatoms. The Labute approximate surface area is 115 Å². The molecular formula is C17H23NO.